The average molecular weight is 345 g/mol. The number of piperidine rings is 1. The Morgan fingerprint density at radius 3 is 2.60 bits per heavy atom. The molecule has 1 saturated carbocycles. The quantitative estimate of drug-likeness (QED) is 0.887. The number of carbonyl (C=O) groups is 2. The summed E-state index contributed by atoms with van der Waals surface area (Å²) in [6, 6.07) is 9.49. The molecule has 1 aromatic rings. The topological polar surface area (TPSA) is 75.9 Å². The van der Waals surface area contributed by atoms with Gasteiger partial charge in [-0.25, -0.2) is 4.79 Å². The lowest BCUT2D eigenvalue weighted by Gasteiger charge is -2.39. The predicted octanol–water partition coefficient (Wildman–Crippen LogP) is 2.13. The van der Waals surface area contributed by atoms with E-state index in [0.29, 0.717) is 19.1 Å². The summed E-state index contributed by atoms with van der Waals surface area (Å²) in [5.74, 6) is -0.00740. The van der Waals surface area contributed by atoms with E-state index in [9.17, 15) is 9.59 Å². The van der Waals surface area contributed by atoms with E-state index < -0.39 is 6.04 Å². The molecule has 0 spiro atoms. The maximum Gasteiger partial charge on any atom is 0.410 e. The average Bonchev–Trinajstić information content (AvgIpc) is 3.46. The second kappa shape index (κ2) is 7.87. The molecule has 136 valence electrons. The number of hydrogen-bond donors (Lipinski definition) is 1. The summed E-state index contributed by atoms with van der Waals surface area (Å²) in [6.45, 7) is 3.20. The highest BCUT2D eigenvalue weighted by Gasteiger charge is 2.40. The monoisotopic (exact) mass is 345 g/mol. The minimum atomic E-state index is -0.499. The van der Waals surface area contributed by atoms with Crippen LogP contribution >= 0.6 is 0 Å². The van der Waals surface area contributed by atoms with Gasteiger partial charge < -0.3 is 20.3 Å². The molecule has 6 nitrogen and oxygen atoms in total. The zero-order valence-corrected chi connectivity index (χ0v) is 14.8. The van der Waals surface area contributed by atoms with Gasteiger partial charge in [0.1, 0.15) is 6.61 Å². The molecule has 0 bridgehead atoms. The van der Waals surface area contributed by atoms with E-state index in [0.717, 1.165) is 31.2 Å². The Morgan fingerprint density at radius 1 is 1.24 bits per heavy atom. The van der Waals surface area contributed by atoms with Crippen molar-refractivity contribution in [3.05, 3.63) is 35.9 Å². The Hall–Kier alpha value is -2.08. The molecular formula is C19H27N3O3. The molecule has 1 aliphatic carbocycles. The van der Waals surface area contributed by atoms with Gasteiger partial charge in [0, 0.05) is 25.2 Å². The summed E-state index contributed by atoms with van der Waals surface area (Å²) in [7, 11) is 0. The molecule has 2 atom stereocenters. The molecular weight excluding hydrogens is 318 g/mol. The van der Waals surface area contributed by atoms with Gasteiger partial charge >= 0.3 is 6.09 Å². The van der Waals surface area contributed by atoms with Crippen LogP contribution in [0.4, 0.5) is 4.79 Å². The summed E-state index contributed by atoms with van der Waals surface area (Å²) in [5.41, 5.74) is 6.79. The van der Waals surface area contributed by atoms with Gasteiger partial charge in [0.15, 0.2) is 0 Å². The van der Waals surface area contributed by atoms with Crippen LogP contribution in [0, 0.1) is 0 Å². The van der Waals surface area contributed by atoms with Crippen LogP contribution in [0.3, 0.4) is 0 Å². The Morgan fingerprint density at radius 2 is 1.96 bits per heavy atom. The van der Waals surface area contributed by atoms with E-state index in [2.05, 4.69) is 0 Å². The Bertz CT molecular complexity index is 601. The summed E-state index contributed by atoms with van der Waals surface area (Å²) in [5, 5.41) is 0. The normalized spacial score (nSPS) is 21.5. The maximum atomic E-state index is 12.5. The summed E-state index contributed by atoms with van der Waals surface area (Å²) >= 11 is 0. The minimum Gasteiger partial charge on any atom is -0.445 e. The zero-order chi connectivity index (χ0) is 17.8. The number of carbonyl (C=O) groups excluding carboxylic acids is 2. The number of ether oxygens (including phenoxy) is 1. The lowest BCUT2D eigenvalue weighted by molar-refractivity contribution is -0.136. The highest BCUT2D eigenvalue weighted by molar-refractivity contribution is 5.82. The lowest BCUT2D eigenvalue weighted by atomic mass is 10.0. The molecule has 2 fully saturated rings. The van der Waals surface area contributed by atoms with Crippen LogP contribution in [-0.2, 0) is 16.1 Å². The van der Waals surface area contributed by atoms with Crippen LogP contribution in [0.15, 0.2) is 30.3 Å². The summed E-state index contributed by atoms with van der Waals surface area (Å²) < 4.78 is 5.44. The van der Waals surface area contributed by atoms with Crippen molar-refractivity contribution in [2.24, 2.45) is 5.73 Å². The van der Waals surface area contributed by atoms with Crippen molar-refractivity contribution in [3.63, 3.8) is 0 Å². The van der Waals surface area contributed by atoms with Crippen LogP contribution in [0.2, 0.25) is 0 Å². The first kappa shape index (κ1) is 17.7. The van der Waals surface area contributed by atoms with E-state index >= 15 is 0 Å². The van der Waals surface area contributed by atoms with Crippen LogP contribution < -0.4 is 5.73 Å². The van der Waals surface area contributed by atoms with Crippen molar-refractivity contribution >= 4 is 12.0 Å². The molecule has 1 heterocycles. The number of nitrogens with two attached hydrogens (primary N) is 1. The van der Waals surface area contributed by atoms with Gasteiger partial charge in [0.2, 0.25) is 5.91 Å². The largest absolute Gasteiger partial charge is 0.445 e. The second-order valence-electron chi connectivity index (χ2n) is 7.05. The van der Waals surface area contributed by atoms with Gasteiger partial charge in [-0.3, -0.25) is 4.79 Å². The highest BCUT2D eigenvalue weighted by atomic mass is 16.6. The third kappa shape index (κ3) is 4.51. The molecule has 0 radical (unpaired) electrons. The zero-order valence-electron chi connectivity index (χ0n) is 14.8. The van der Waals surface area contributed by atoms with E-state index in [1.54, 1.807) is 11.8 Å². The standard InChI is InChI=1S/C19H27N3O3/c1-14(20)18(23)22(16-9-10-16)17-8-5-11-21(12-17)19(24)25-13-15-6-3-2-4-7-15/h2-4,6-7,14,16-17H,5,8-13,20H2,1H3/t14-,17-/m0/s1. The van der Waals surface area contributed by atoms with Gasteiger partial charge in [0.25, 0.3) is 0 Å². The first-order valence-electron chi connectivity index (χ1n) is 9.09. The van der Waals surface area contributed by atoms with Crippen molar-refractivity contribution in [3.8, 4) is 0 Å². The Kier molecular flexibility index (Phi) is 5.58. The summed E-state index contributed by atoms with van der Waals surface area (Å²) in [6.07, 6.45) is 3.55. The lowest BCUT2D eigenvalue weighted by Crippen LogP contribution is -2.55. The molecule has 6 heteroatoms. The number of benzene rings is 1. The van der Waals surface area contributed by atoms with Crippen molar-refractivity contribution in [1.29, 1.82) is 0 Å². The molecule has 2 aliphatic rings. The first-order chi connectivity index (χ1) is 12.1. The van der Waals surface area contributed by atoms with Gasteiger partial charge in [-0.05, 0) is 38.2 Å². The molecule has 1 aliphatic heterocycles. The third-order valence-corrected chi connectivity index (χ3v) is 4.84. The Balaban J connectivity index is 1.58. The number of nitrogens with zero attached hydrogens (tertiary/aromatic N) is 2. The van der Waals surface area contributed by atoms with Crippen molar-refractivity contribution < 1.29 is 14.3 Å². The Labute approximate surface area is 148 Å². The fraction of sp³-hybridized carbons (Fsp3) is 0.579. The third-order valence-electron chi connectivity index (χ3n) is 4.84. The van der Waals surface area contributed by atoms with Crippen LogP contribution in [0.5, 0.6) is 0 Å². The van der Waals surface area contributed by atoms with Crippen molar-refractivity contribution in [2.75, 3.05) is 13.1 Å². The van der Waals surface area contributed by atoms with Crippen molar-refractivity contribution in [2.45, 2.75) is 57.3 Å². The first-order valence-corrected chi connectivity index (χ1v) is 9.09. The molecule has 0 unspecified atom stereocenters. The SMILES string of the molecule is C[C@H](N)C(=O)N(C1CC1)[C@H]1CCCN(C(=O)OCc2ccccc2)C1. The van der Waals surface area contributed by atoms with Gasteiger partial charge in [0.05, 0.1) is 6.04 Å². The van der Waals surface area contributed by atoms with Crippen molar-refractivity contribution in [1.82, 2.24) is 9.80 Å². The molecule has 0 aromatic heterocycles. The smallest absolute Gasteiger partial charge is 0.410 e. The van der Waals surface area contributed by atoms with E-state index in [4.69, 9.17) is 10.5 Å². The molecule has 2 amide bonds. The molecule has 3 rings (SSSR count). The van der Waals surface area contributed by atoms with Crippen LogP contribution in [0.25, 0.3) is 0 Å². The number of rotatable bonds is 5. The predicted molar refractivity (Wildman–Crippen MR) is 94.7 cm³/mol. The number of hydrogen-bond acceptors (Lipinski definition) is 4. The van der Waals surface area contributed by atoms with Gasteiger partial charge in [-0.2, -0.15) is 0 Å². The van der Waals surface area contributed by atoms with Gasteiger partial charge in [-0.15, -0.1) is 0 Å². The minimum absolute atomic E-state index is 0.00740. The molecule has 2 N–H and O–H groups in total. The molecule has 1 saturated heterocycles. The number of likely N-dealkylation sites (tertiary alicyclic amines) is 1. The fourth-order valence-electron chi connectivity index (χ4n) is 3.40. The van der Waals surface area contributed by atoms with Crippen LogP contribution in [0.1, 0.15) is 38.2 Å². The van der Waals surface area contributed by atoms with E-state index in [1.807, 2.05) is 35.2 Å². The van der Waals surface area contributed by atoms with E-state index in [1.165, 1.54) is 0 Å². The maximum absolute atomic E-state index is 12.5. The molecule has 1 aromatic carbocycles. The van der Waals surface area contributed by atoms with Gasteiger partial charge in [-0.1, -0.05) is 30.3 Å². The van der Waals surface area contributed by atoms with E-state index in [-0.39, 0.29) is 24.6 Å². The fourth-order valence-corrected chi connectivity index (χ4v) is 3.40. The summed E-state index contributed by atoms with van der Waals surface area (Å²) in [4.78, 5) is 28.5. The second-order valence-corrected chi connectivity index (χ2v) is 7.05. The van der Waals surface area contributed by atoms with Crippen LogP contribution in [-0.4, -0.2) is 53.0 Å². The number of amides is 2. The highest BCUT2D eigenvalue weighted by Crippen LogP contribution is 2.32. The molecule has 25 heavy (non-hydrogen) atoms.